The molecule has 0 amide bonds. The highest BCUT2D eigenvalue weighted by atomic mass is 32.2. The van der Waals surface area contributed by atoms with Gasteiger partial charge in [0.15, 0.2) is 0 Å². The van der Waals surface area contributed by atoms with Crippen molar-refractivity contribution in [3.05, 3.63) is 47.1 Å². The predicted octanol–water partition coefficient (Wildman–Crippen LogP) is 7.03. The van der Waals surface area contributed by atoms with Crippen molar-refractivity contribution in [1.29, 1.82) is 0 Å². The van der Waals surface area contributed by atoms with Crippen LogP contribution in [0.4, 0.5) is 0 Å². The Balaban J connectivity index is 2.55. The zero-order valence-corrected chi connectivity index (χ0v) is 17.5. The van der Waals surface area contributed by atoms with Crippen molar-refractivity contribution < 1.29 is 4.18 Å². The molecule has 2 aliphatic carbocycles. The number of allylic oxidation sites excluding steroid dienone is 6. The SMILES string of the molecule is CC(C)OSC1(C2=CCC=C2)CC=C(C(C)(C)C)C=C1C(C)(C)C. The van der Waals surface area contributed by atoms with Crippen LogP contribution >= 0.6 is 12.0 Å². The zero-order valence-electron chi connectivity index (χ0n) is 16.7. The van der Waals surface area contributed by atoms with Crippen LogP contribution < -0.4 is 0 Å². The van der Waals surface area contributed by atoms with Crippen molar-refractivity contribution in [2.45, 2.75) is 79.1 Å². The minimum atomic E-state index is -0.107. The van der Waals surface area contributed by atoms with Gasteiger partial charge < -0.3 is 4.18 Å². The van der Waals surface area contributed by atoms with Gasteiger partial charge in [-0.3, -0.25) is 0 Å². The van der Waals surface area contributed by atoms with E-state index in [2.05, 4.69) is 85.8 Å². The summed E-state index contributed by atoms with van der Waals surface area (Å²) in [5, 5.41) is 0. The molecule has 0 bridgehead atoms. The molecule has 24 heavy (non-hydrogen) atoms. The van der Waals surface area contributed by atoms with E-state index < -0.39 is 0 Å². The molecule has 0 aromatic carbocycles. The van der Waals surface area contributed by atoms with Gasteiger partial charge >= 0.3 is 0 Å². The molecule has 0 fully saturated rings. The van der Waals surface area contributed by atoms with Crippen LogP contribution in [0.25, 0.3) is 0 Å². The van der Waals surface area contributed by atoms with E-state index in [4.69, 9.17) is 4.18 Å². The van der Waals surface area contributed by atoms with Gasteiger partial charge in [0.05, 0.1) is 10.9 Å². The molecule has 0 N–H and O–H groups in total. The average Bonchev–Trinajstić information content (AvgIpc) is 2.97. The topological polar surface area (TPSA) is 9.23 Å². The van der Waals surface area contributed by atoms with Crippen LogP contribution in [0.3, 0.4) is 0 Å². The highest BCUT2D eigenvalue weighted by molar-refractivity contribution is 7.96. The molecule has 2 rings (SSSR count). The molecule has 134 valence electrons. The van der Waals surface area contributed by atoms with E-state index in [1.807, 2.05) is 0 Å². The minimum absolute atomic E-state index is 0.0926. The third-order valence-electron chi connectivity index (χ3n) is 4.64. The summed E-state index contributed by atoms with van der Waals surface area (Å²) in [6.07, 6.45) is 14.1. The van der Waals surface area contributed by atoms with Gasteiger partial charge in [-0.05, 0) is 54.2 Å². The van der Waals surface area contributed by atoms with Crippen molar-refractivity contribution in [3.63, 3.8) is 0 Å². The molecule has 0 aromatic rings. The number of rotatable bonds is 4. The average molecular weight is 347 g/mol. The standard InChI is InChI=1S/C22H34OS/c1-16(2)23-24-22(17-11-9-10-12-17)14-13-18(20(3,4)5)15-19(22)21(6,7)8/h9,11-13,15-16H,10,14H2,1-8H3. The van der Waals surface area contributed by atoms with Gasteiger partial charge in [0.25, 0.3) is 0 Å². The molecule has 0 aromatic heterocycles. The second kappa shape index (κ2) is 6.88. The lowest BCUT2D eigenvalue weighted by molar-refractivity contribution is 0.282. The first kappa shape index (κ1) is 19.6. The van der Waals surface area contributed by atoms with Crippen LogP contribution in [0.15, 0.2) is 47.1 Å². The van der Waals surface area contributed by atoms with Gasteiger partial charge in [-0.2, -0.15) is 0 Å². The summed E-state index contributed by atoms with van der Waals surface area (Å²) in [5.74, 6) is 0. The first-order valence-corrected chi connectivity index (χ1v) is 9.86. The summed E-state index contributed by atoms with van der Waals surface area (Å²) in [7, 11) is 0. The summed E-state index contributed by atoms with van der Waals surface area (Å²) in [4.78, 5) is 0. The Kier molecular flexibility index (Phi) is 5.62. The van der Waals surface area contributed by atoms with Crippen molar-refractivity contribution in [3.8, 4) is 0 Å². The fraction of sp³-hybridized carbons (Fsp3) is 0.636. The third kappa shape index (κ3) is 4.08. The lowest BCUT2D eigenvalue weighted by Gasteiger charge is -2.44. The largest absolute Gasteiger partial charge is 0.311 e. The second-order valence-electron chi connectivity index (χ2n) is 9.27. The maximum Gasteiger partial charge on any atom is 0.0919 e. The summed E-state index contributed by atoms with van der Waals surface area (Å²) in [6, 6.07) is 0. The van der Waals surface area contributed by atoms with E-state index in [1.165, 1.54) is 16.7 Å². The molecule has 1 nitrogen and oxygen atoms in total. The first-order valence-electron chi connectivity index (χ1n) is 9.12. The highest BCUT2D eigenvalue weighted by Gasteiger charge is 2.45. The van der Waals surface area contributed by atoms with E-state index >= 15 is 0 Å². The quantitative estimate of drug-likeness (QED) is 0.505. The van der Waals surface area contributed by atoms with Gasteiger partial charge in [0.2, 0.25) is 0 Å². The van der Waals surface area contributed by atoms with E-state index in [-0.39, 0.29) is 21.7 Å². The van der Waals surface area contributed by atoms with Gasteiger partial charge in [-0.15, -0.1) is 0 Å². The first-order chi connectivity index (χ1) is 11.0. The third-order valence-corrected chi connectivity index (χ3v) is 6.03. The normalized spacial score (nSPS) is 25.0. The van der Waals surface area contributed by atoms with Crippen molar-refractivity contribution in [1.82, 2.24) is 0 Å². The molecule has 0 radical (unpaired) electrons. The molecule has 0 spiro atoms. The second-order valence-corrected chi connectivity index (χ2v) is 10.3. The molecular weight excluding hydrogens is 312 g/mol. The summed E-state index contributed by atoms with van der Waals surface area (Å²) >= 11 is 1.67. The molecule has 0 saturated heterocycles. The Bertz CT molecular complexity index is 590. The van der Waals surface area contributed by atoms with Crippen LogP contribution in [0.2, 0.25) is 0 Å². The lowest BCUT2D eigenvalue weighted by atomic mass is 9.68. The molecule has 2 aliphatic rings. The molecule has 0 saturated carbocycles. The van der Waals surface area contributed by atoms with Gasteiger partial charge in [-0.25, -0.2) is 0 Å². The monoisotopic (exact) mass is 346 g/mol. The number of hydrogen-bond acceptors (Lipinski definition) is 2. The minimum Gasteiger partial charge on any atom is -0.311 e. The predicted molar refractivity (Wildman–Crippen MR) is 108 cm³/mol. The summed E-state index contributed by atoms with van der Waals surface area (Å²) in [6.45, 7) is 18.1. The van der Waals surface area contributed by atoms with Crippen molar-refractivity contribution >= 4 is 12.0 Å². The molecule has 1 unspecified atom stereocenters. The Morgan fingerprint density at radius 2 is 1.71 bits per heavy atom. The van der Waals surface area contributed by atoms with Crippen molar-refractivity contribution in [2.24, 2.45) is 10.8 Å². The van der Waals surface area contributed by atoms with Gasteiger partial charge in [-0.1, -0.05) is 71.9 Å². The Morgan fingerprint density at radius 1 is 1.04 bits per heavy atom. The summed E-state index contributed by atoms with van der Waals surface area (Å²) in [5.41, 5.74) is 4.58. The maximum absolute atomic E-state index is 6.12. The van der Waals surface area contributed by atoms with Crippen LogP contribution in [0.1, 0.15) is 68.2 Å². The van der Waals surface area contributed by atoms with E-state index in [9.17, 15) is 0 Å². The Labute approximate surface area is 153 Å². The van der Waals surface area contributed by atoms with E-state index in [1.54, 1.807) is 12.0 Å². The number of hydrogen-bond donors (Lipinski definition) is 0. The lowest BCUT2D eigenvalue weighted by Crippen LogP contribution is -2.38. The fourth-order valence-electron chi connectivity index (χ4n) is 3.38. The molecule has 2 heteroatoms. The van der Waals surface area contributed by atoms with Gasteiger partial charge in [0, 0.05) is 12.0 Å². The van der Waals surface area contributed by atoms with Crippen LogP contribution in [-0.2, 0) is 4.18 Å². The van der Waals surface area contributed by atoms with E-state index in [0.717, 1.165) is 12.8 Å². The van der Waals surface area contributed by atoms with Crippen LogP contribution in [0.5, 0.6) is 0 Å². The van der Waals surface area contributed by atoms with Gasteiger partial charge in [0.1, 0.15) is 0 Å². The van der Waals surface area contributed by atoms with Crippen LogP contribution in [0, 0.1) is 10.8 Å². The fourth-order valence-corrected chi connectivity index (χ4v) is 4.59. The smallest absolute Gasteiger partial charge is 0.0919 e. The van der Waals surface area contributed by atoms with Crippen molar-refractivity contribution in [2.75, 3.05) is 0 Å². The Hall–Kier alpha value is -0.730. The Morgan fingerprint density at radius 3 is 2.17 bits per heavy atom. The highest BCUT2D eigenvalue weighted by Crippen LogP contribution is 2.55. The summed E-state index contributed by atoms with van der Waals surface area (Å²) < 4.78 is 6.01. The molecule has 0 heterocycles. The maximum atomic E-state index is 6.12. The van der Waals surface area contributed by atoms with E-state index in [0.29, 0.717) is 0 Å². The molecule has 0 aliphatic heterocycles. The molecular formula is C22H34OS. The molecule has 1 atom stereocenters. The zero-order chi connectivity index (χ0) is 18.2. The van der Waals surface area contributed by atoms with Crippen LogP contribution in [-0.4, -0.2) is 10.9 Å².